The van der Waals surface area contributed by atoms with Gasteiger partial charge < -0.3 is 16.2 Å². The van der Waals surface area contributed by atoms with Crippen molar-refractivity contribution in [1.29, 1.82) is 0 Å². The summed E-state index contributed by atoms with van der Waals surface area (Å²) in [5, 5.41) is 12.4. The molecule has 0 amide bonds. The van der Waals surface area contributed by atoms with Gasteiger partial charge in [0.25, 0.3) is 0 Å². The molecule has 9 heteroatoms. The first kappa shape index (κ1) is 19.8. The van der Waals surface area contributed by atoms with Gasteiger partial charge >= 0.3 is 6.18 Å². The second-order valence-electron chi connectivity index (χ2n) is 6.76. The van der Waals surface area contributed by atoms with Gasteiger partial charge in [0.2, 0.25) is 5.95 Å². The molecule has 1 atom stereocenters. The highest BCUT2D eigenvalue weighted by molar-refractivity contribution is 5.88. The summed E-state index contributed by atoms with van der Waals surface area (Å²) in [6.45, 7) is 3.43. The Hall–Kier alpha value is -2.94. The summed E-state index contributed by atoms with van der Waals surface area (Å²) in [5.41, 5.74) is 9.19. The molecule has 148 valence electrons. The number of halogens is 3. The van der Waals surface area contributed by atoms with E-state index in [0.29, 0.717) is 0 Å². The average Bonchev–Trinajstić information content (AvgIpc) is 2.64. The van der Waals surface area contributed by atoms with E-state index < -0.39 is 18.8 Å². The Labute approximate surface area is 159 Å². The summed E-state index contributed by atoms with van der Waals surface area (Å²) in [5.74, 6) is 0.655. The SMILES string of the molecule is CC(C)c1cc(-c2ccc(NCC(O)C(F)(F)F)nc2)cc2cnc(N)nc12. The number of nitrogens with zero attached hydrogens (tertiary/aromatic N) is 3. The van der Waals surface area contributed by atoms with Gasteiger partial charge in [0.1, 0.15) is 5.82 Å². The molecule has 4 N–H and O–H groups in total. The van der Waals surface area contributed by atoms with Crippen LogP contribution in [0.5, 0.6) is 0 Å². The number of fused-ring (bicyclic) bond motifs is 1. The Morgan fingerprint density at radius 1 is 1.11 bits per heavy atom. The highest BCUT2D eigenvalue weighted by Gasteiger charge is 2.37. The van der Waals surface area contributed by atoms with Crippen LogP contribution in [-0.4, -0.2) is 38.9 Å². The molecule has 3 rings (SSSR count). The Morgan fingerprint density at radius 2 is 1.86 bits per heavy atom. The third kappa shape index (κ3) is 4.30. The molecule has 0 bridgehead atoms. The molecule has 0 fully saturated rings. The number of nitrogens with one attached hydrogen (secondary N) is 1. The maximum absolute atomic E-state index is 12.4. The molecule has 2 aromatic heterocycles. The van der Waals surface area contributed by atoms with Crippen LogP contribution in [0.2, 0.25) is 0 Å². The first-order chi connectivity index (χ1) is 13.1. The minimum Gasteiger partial charge on any atom is -0.382 e. The number of rotatable bonds is 5. The van der Waals surface area contributed by atoms with Crippen molar-refractivity contribution >= 4 is 22.7 Å². The second-order valence-corrected chi connectivity index (χ2v) is 6.76. The molecule has 0 aliphatic heterocycles. The predicted octanol–water partition coefficient (Wildman–Crippen LogP) is 3.73. The zero-order valence-electron chi connectivity index (χ0n) is 15.3. The van der Waals surface area contributed by atoms with Gasteiger partial charge in [-0.05, 0) is 41.3 Å². The number of hydrogen-bond acceptors (Lipinski definition) is 6. The first-order valence-electron chi connectivity index (χ1n) is 8.66. The molecule has 0 saturated heterocycles. The summed E-state index contributed by atoms with van der Waals surface area (Å²) < 4.78 is 37.1. The molecular formula is C19H20F3N5O. The summed E-state index contributed by atoms with van der Waals surface area (Å²) in [4.78, 5) is 12.5. The van der Waals surface area contributed by atoms with E-state index in [0.717, 1.165) is 27.6 Å². The number of nitrogens with two attached hydrogens (primary N) is 1. The smallest absolute Gasteiger partial charge is 0.382 e. The van der Waals surface area contributed by atoms with Gasteiger partial charge in [0.05, 0.1) is 12.1 Å². The van der Waals surface area contributed by atoms with Gasteiger partial charge in [-0.25, -0.2) is 15.0 Å². The van der Waals surface area contributed by atoms with E-state index in [1.165, 1.54) is 0 Å². The van der Waals surface area contributed by atoms with Crippen LogP contribution in [0.1, 0.15) is 25.3 Å². The van der Waals surface area contributed by atoms with Crippen molar-refractivity contribution in [2.75, 3.05) is 17.6 Å². The normalized spacial score (nSPS) is 13.1. The number of pyridine rings is 1. The number of aromatic nitrogens is 3. The third-order valence-corrected chi connectivity index (χ3v) is 4.30. The number of nitrogen functional groups attached to an aromatic ring is 1. The van der Waals surface area contributed by atoms with E-state index in [2.05, 4.69) is 20.3 Å². The summed E-state index contributed by atoms with van der Waals surface area (Å²) in [6.07, 6.45) is -3.90. The van der Waals surface area contributed by atoms with E-state index in [1.54, 1.807) is 24.5 Å². The fourth-order valence-electron chi connectivity index (χ4n) is 2.78. The Bertz CT molecular complexity index is 974. The quantitative estimate of drug-likeness (QED) is 0.613. The molecule has 2 heterocycles. The van der Waals surface area contributed by atoms with Crippen LogP contribution in [0, 0.1) is 0 Å². The Morgan fingerprint density at radius 3 is 2.46 bits per heavy atom. The predicted molar refractivity (Wildman–Crippen MR) is 102 cm³/mol. The lowest BCUT2D eigenvalue weighted by Crippen LogP contribution is -2.35. The molecule has 0 spiro atoms. The first-order valence-corrected chi connectivity index (χ1v) is 8.66. The van der Waals surface area contributed by atoms with Crippen molar-refractivity contribution in [3.63, 3.8) is 0 Å². The Balaban J connectivity index is 1.87. The Kier molecular flexibility index (Phi) is 5.37. The van der Waals surface area contributed by atoms with Gasteiger partial charge in [0.15, 0.2) is 6.10 Å². The van der Waals surface area contributed by atoms with Gasteiger partial charge in [-0.2, -0.15) is 13.2 Å². The van der Waals surface area contributed by atoms with Crippen molar-refractivity contribution in [3.05, 3.63) is 42.2 Å². The van der Waals surface area contributed by atoms with Crippen molar-refractivity contribution in [2.24, 2.45) is 0 Å². The average molecular weight is 391 g/mol. The van der Waals surface area contributed by atoms with Crippen LogP contribution < -0.4 is 11.1 Å². The van der Waals surface area contributed by atoms with Gasteiger partial charge in [0, 0.05) is 23.3 Å². The van der Waals surface area contributed by atoms with Gasteiger partial charge in [-0.1, -0.05) is 13.8 Å². The third-order valence-electron chi connectivity index (χ3n) is 4.30. The largest absolute Gasteiger partial charge is 0.416 e. The number of anilines is 2. The molecule has 0 saturated carbocycles. The number of hydrogen-bond donors (Lipinski definition) is 3. The molecule has 3 aromatic rings. The summed E-state index contributed by atoms with van der Waals surface area (Å²) in [6, 6.07) is 7.23. The van der Waals surface area contributed by atoms with Crippen molar-refractivity contribution in [3.8, 4) is 11.1 Å². The van der Waals surface area contributed by atoms with Crippen molar-refractivity contribution in [1.82, 2.24) is 15.0 Å². The van der Waals surface area contributed by atoms with Crippen LogP contribution in [0.3, 0.4) is 0 Å². The number of benzene rings is 1. The maximum atomic E-state index is 12.4. The fourth-order valence-corrected chi connectivity index (χ4v) is 2.78. The van der Waals surface area contributed by atoms with E-state index in [4.69, 9.17) is 10.8 Å². The minimum absolute atomic E-state index is 0.203. The molecule has 0 radical (unpaired) electrons. The van der Waals surface area contributed by atoms with E-state index in [9.17, 15) is 13.2 Å². The van der Waals surface area contributed by atoms with Gasteiger partial charge in [-0.15, -0.1) is 0 Å². The lowest BCUT2D eigenvalue weighted by molar-refractivity contribution is -0.198. The van der Waals surface area contributed by atoms with Gasteiger partial charge in [-0.3, -0.25) is 0 Å². The summed E-state index contributed by atoms with van der Waals surface area (Å²) >= 11 is 0. The van der Waals surface area contributed by atoms with Crippen LogP contribution >= 0.6 is 0 Å². The second kappa shape index (κ2) is 7.59. The minimum atomic E-state index is -4.67. The molecule has 0 aliphatic rings. The van der Waals surface area contributed by atoms with Crippen molar-refractivity contribution in [2.45, 2.75) is 32.0 Å². The highest BCUT2D eigenvalue weighted by atomic mass is 19.4. The fraction of sp³-hybridized carbons (Fsp3) is 0.316. The molecule has 1 aromatic carbocycles. The number of aliphatic hydroxyl groups is 1. The van der Waals surface area contributed by atoms with E-state index >= 15 is 0 Å². The van der Waals surface area contributed by atoms with E-state index in [-0.39, 0.29) is 17.7 Å². The molecular weight excluding hydrogens is 371 g/mol. The maximum Gasteiger partial charge on any atom is 0.416 e. The van der Waals surface area contributed by atoms with E-state index in [1.807, 2.05) is 26.0 Å². The monoisotopic (exact) mass is 391 g/mol. The molecule has 28 heavy (non-hydrogen) atoms. The highest BCUT2D eigenvalue weighted by Crippen LogP contribution is 2.31. The summed E-state index contributed by atoms with van der Waals surface area (Å²) in [7, 11) is 0. The number of alkyl halides is 3. The zero-order valence-corrected chi connectivity index (χ0v) is 15.3. The van der Waals surface area contributed by atoms with Crippen LogP contribution in [0.15, 0.2) is 36.7 Å². The van der Waals surface area contributed by atoms with Crippen molar-refractivity contribution < 1.29 is 18.3 Å². The van der Waals surface area contributed by atoms with Crippen LogP contribution in [0.4, 0.5) is 24.9 Å². The lowest BCUT2D eigenvalue weighted by Gasteiger charge is -2.15. The lowest BCUT2D eigenvalue weighted by atomic mass is 9.95. The molecule has 1 unspecified atom stereocenters. The number of aliphatic hydroxyl groups excluding tert-OH is 1. The molecule has 6 nitrogen and oxygen atoms in total. The van der Waals surface area contributed by atoms with Crippen LogP contribution in [-0.2, 0) is 0 Å². The topological polar surface area (TPSA) is 97.0 Å². The van der Waals surface area contributed by atoms with Crippen LogP contribution in [0.25, 0.3) is 22.0 Å². The standard InChI is InChI=1S/C19H20F3N5O/c1-10(2)14-6-12(5-13-8-26-18(23)27-17(13)14)11-3-4-16(24-7-11)25-9-15(28)19(20,21)22/h3-8,10,15,28H,9H2,1-2H3,(H,24,25)(H2,23,26,27). The zero-order chi connectivity index (χ0) is 20.5. The molecule has 0 aliphatic carbocycles.